The van der Waals surface area contributed by atoms with Gasteiger partial charge in [-0.25, -0.2) is 4.98 Å². The van der Waals surface area contributed by atoms with Gasteiger partial charge in [0, 0.05) is 25.3 Å². The number of benzene rings is 1. The number of Topliss-reactive ketones (excluding diaryl/α,β-unsaturated/α-hetero) is 1. The molecule has 0 radical (unpaired) electrons. The smallest absolute Gasteiger partial charge is 0.136 e. The molecular formula is C17H22N2O. The van der Waals surface area contributed by atoms with Crippen LogP contribution in [0.15, 0.2) is 24.3 Å². The van der Waals surface area contributed by atoms with Gasteiger partial charge in [0.2, 0.25) is 0 Å². The molecule has 106 valence electrons. The summed E-state index contributed by atoms with van der Waals surface area (Å²) >= 11 is 0. The van der Waals surface area contributed by atoms with Gasteiger partial charge in [-0.3, -0.25) is 4.79 Å². The van der Waals surface area contributed by atoms with E-state index in [1.807, 2.05) is 6.07 Å². The highest BCUT2D eigenvalue weighted by atomic mass is 16.1. The summed E-state index contributed by atoms with van der Waals surface area (Å²) in [4.78, 5) is 16.8. The summed E-state index contributed by atoms with van der Waals surface area (Å²) in [7, 11) is 0. The van der Waals surface area contributed by atoms with E-state index in [0.29, 0.717) is 5.78 Å². The summed E-state index contributed by atoms with van der Waals surface area (Å²) < 4.78 is 2.30. The SMILES string of the molecule is CCCn1c(CC2CCCCC2=O)nc2ccccc21. The van der Waals surface area contributed by atoms with E-state index in [1.54, 1.807) is 0 Å². The van der Waals surface area contributed by atoms with Crippen LogP contribution in [-0.2, 0) is 17.8 Å². The standard InChI is InChI=1S/C17H22N2O/c1-2-11-19-15-9-5-4-8-14(15)18-17(19)12-13-7-3-6-10-16(13)20/h4-5,8-9,13H,2-3,6-7,10-12H2,1H3. The van der Waals surface area contributed by atoms with Gasteiger partial charge in [-0.15, -0.1) is 0 Å². The van der Waals surface area contributed by atoms with E-state index in [1.165, 1.54) is 11.9 Å². The molecule has 20 heavy (non-hydrogen) atoms. The largest absolute Gasteiger partial charge is 0.328 e. The number of imidazole rings is 1. The number of carbonyl (C=O) groups excluding carboxylic acids is 1. The number of nitrogens with zero attached hydrogens (tertiary/aromatic N) is 2. The Balaban J connectivity index is 1.93. The second kappa shape index (κ2) is 5.78. The minimum Gasteiger partial charge on any atom is -0.328 e. The van der Waals surface area contributed by atoms with Crippen LogP contribution in [0.4, 0.5) is 0 Å². The molecule has 1 aromatic heterocycles. The number of carbonyl (C=O) groups is 1. The van der Waals surface area contributed by atoms with Crippen LogP contribution in [0.2, 0.25) is 0 Å². The van der Waals surface area contributed by atoms with Crippen LogP contribution >= 0.6 is 0 Å². The summed E-state index contributed by atoms with van der Waals surface area (Å²) in [5.74, 6) is 1.72. The van der Waals surface area contributed by atoms with Crippen LogP contribution in [0.25, 0.3) is 11.0 Å². The number of ketones is 1. The summed E-state index contributed by atoms with van der Waals surface area (Å²) in [6.45, 7) is 3.17. The first-order valence-corrected chi connectivity index (χ1v) is 7.76. The van der Waals surface area contributed by atoms with E-state index in [9.17, 15) is 4.79 Å². The van der Waals surface area contributed by atoms with E-state index in [4.69, 9.17) is 4.98 Å². The average molecular weight is 270 g/mol. The minimum absolute atomic E-state index is 0.191. The molecule has 0 bridgehead atoms. The van der Waals surface area contributed by atoms with Crippen molar-refractivity contribution in [2.75, 3.05) is 0 Å². The molecule has 1 aliphatic rings. The van der Waals surface area contributed by atoms with E-state index in [-0.39, 0.29) is 5.92 Å². The lowest BCUT2D eigenvalue weighted by Crippen LogP contribution is -2.22. The zero-order valence-corrected chi connectivity index (χ0v) is 12.1. The Morgan fingerprint density at radius 2 is 2.15 bits per heavy atom. The number of hydrogen-bond acceptors (Lipinski definition) is 2. The zero-order chi connectivity index (χ0) is 13.9. The van der Waals surface area contributed by atoms with Crippen molar-refractivity contribution in [1.29, 1.82) is 0 Å². The number of aromatic nitrogens is 2. The number of rotatable bonds is 4. The maximum Gasteiger partial charge on any atom is 0.136 e. The first-order chi connectivity index (χ1) is 9.79. The molecule has 1 atom stereocenters. The van der Waals surface area contributed by atoms with Crippen molar-refractivity contribution in [1.82, 2.24) is 9.55 Å². The fraction of sp³-hybridized carbons (Fsp3) is 0.529. The van der Waals surface area contributed by atoms with Gasteiger partial charge in [0.1, 0.15) is 11.6 Å². The second-order valence-electron chi connectivity index (χ2n) is 5.78. The van der Waals surface area contributed by atoms with Crippen molar-refractivity contribution in [3.8, 4) is 0 Å². The Bertz CT molecular complexity index is 614. The number of aryl methyl sites for hydroxylation is 1. The summed E-state index contributed by atoms with van der Waals surface area (Å²) in [6.07, 6.45) is 5.96. The molecule has 3 rings (SSSR count). The van der Waals surface area contributed by atoms with E-state index in [0.717, 1.165) is 50.0 Å². The molecule has 0 N–H and O–H groups in total. The van der Waals surface area contributed by atoms with Crippen molar-refractivity contribution in [2.45, 2.75) is 52.0 Å². The molecule has 1 unspecified atom stereocenters. The zero-order valence-electron chi connectivity index (χ0n) is 12.1. The normalized spacial score (nSPS) is 19.6. The molecule has 1 saturated carbocycles. The van der Waals surface area contributed by atoms with Crippen molar-refractivity contribution >= 4 is 16.8 Å². The van der Waals surface area contributed by atoms with Gasteiger partial charge in [-0.2, -0.15) is 0 Å². The third-order valence-corrected chi connectivity index (χ3v) is 4.29. The summed E-state index contributed by atoms with van der Waals surface area (Å²) in [5.41, 5.74) is 2.26. The highest BCUT2D eigenvalue weighted by molar-refractivity contribution is 5.82. The van der Waals surface area contributed by atoms with Gasteiger partial charge in [0.25, 0.3) is 0 Å². The Morgan fingerprint density at radius 1 is 1.30 bits per heavy atom. The molecule has 2 aromatic rings. The minimum atomic E-state index is 0.191. The number of fused-ring (bicyclic) bond motifs is 1. The van der Waals surface area contributed by atoms with E-state index < -0.39 is 0 Å². The molecule has 3 nitrogen and oxygen atoms in total. The van der Waals surface area contributed by atoms with Crippen LogP contribution in [0.3, 0.4) is 0 Å². The average Bonchev–Trinajstić information content (AvgIpc) is 2.80. The fourth-order valence-electron chi connectivity index (χ4n) is 3.25. The van der Waals surface area contributed by atoms with Crippen molar-refractivity contribution in [3.63, 3.8) is 0 Å². The fourth-order valence-corrected chi connectivity index (χ4v) is 3.25. The van der Waals surface area contributed by atoms with Gasteiger partial charge < -0.3 is 4.57 Å². The molecule has 0 saturated heterocycles. The third kappa shape index (κ3) is 2.49. The number of para-hydroxylation sites is 2. The lowest BCUT2D eigenvalue weighted by molar-refractivity contribution is -0.124. The van der Waals surface area contributed by atoms with Gasteiger partial charge >= 0.3 is 0 Å². The van der Waals surface area contributed by atoms with E-state index >= 15 is 0 Å². The summed E-state index contributed by atoms with van der Waals surface area (Å²) in [6, 6.07) is 8.28. The Morgan fingerprint density at radius 3 is 2.95 bits per heavy atom. The third-order valence-electron chi connectivity index (χ3n) is 4.29. The molecule has 0 aliphatic heterocycles. The molecule has 1 fully saturated rings. The summed E-state index contributed by atoms with van der Waals surface area (Å²) in [5, 5.41) is 0. The van der Waals surface area contributed by atoms with Gasteiger partial charge in [0.05, 0.1) is 11.0 Å². The predicted molar refractivity (Wildman–Crippen MR) is 80.7 cm³/mol. The predicted octanol–water partition coefficient (Wildman–Crippen LogP) is 3.75. The highest BCUT2D eigenvalue weighted by Gasteiger charge is 2.24. The molecule has 1 heterocycles. The Kier molecular flexibility index (Phi) is 3.86. The van der Waals surface area contributed by atoms with Crippen LogP contribution in [0, 0.1) is 5.92 Å². The van der Waals surface area contributed by atoms with Crippen LogP contribution < -0.4 is 0 Å². The Labute approximate surface area is 120 Å². The van der Waals surface area contributed by atoms with Crippen LogP contribution in [-0.4, -0.2) is 15.3 Å². The maximum absolute atomic E-state index is 12.0. The quantitative estimate of drug-likeness (QED) is 0.848. The van der Waals surface area contributed by atoms with E-state index in [2.05, 4.69) is 29.7 Å². The molecule has 1 aromatic carbocycles. The Hall–Kier alpha value is -1.64. The van der Waals surface area contributed by atoms with Crippen molar-refractivity contribution < 1.29 is 4.79 Å². The highest BCUT2D eigenvalue weighted by Crippen LogP contribution is 2.26. The molecule has 0 spiro atoms. The van der Waals surface area contributed by atoms with Crippen LogP contribution in [0.1, 0.15) is 44.9 Å². The maximum atomic E-state index is 12.0. The number of hydrogen-bond donors (Lipinski definition) is 0. The first kappa shape index (κ1) is 13.3. The lowest BCUT2D eigenvalue weighted by atomic mass is 9.85. The van der Waals surface area contributed by atoms with Crippen molar-refractivity contribution in [2.24, 2.45) is 5.92 Å². The van der Waals surface area contributed by atoms with Gasteiger partial charge in [0.15, 0.2) is 0 Å². The topological polar surface area (TPSA) is 34.9 Å². The molecular weight excluding hydrogens is 248 g/mol. The van der Waals surface area contributed by atoms with Crippen molar-refractivity contribution in [3.05, 3.63) is 30.1 Å². The van der Waals surface area contributed by atoms with Gasteiger partial charge in [-0.1, -0.05) is 25.5 Å². The first-order valence-electron chi connectivity index (χ1n) is 7.76. The lowest BCUT2D eigenvalue weighted by Gasteiger charge is -2.20. The van der Waals surface area contributed by atoms with Gasteiger partial charge in [-0.05, 0) is 31.4 Å². The second-order valence-corrected chi connectivity index (χ2v) is 5.78. The van der Waals surface area contributed by atoms with Crippen LogP contribution in [0.5, 0.6) is 0 Å². The molecule has 1 aliphatic carbocycles. The molecule has 0 amide bonds. The molecule has 3 heteroatoms. The monoisotopic (exact) mass is 270 g/mol.